The van der Waals surface area contributed by atoms with E-state index in [1.165, 1.54) is 0 Å². The highest BCUT2D eigenvalue weighted by molar-refractivity contribution is 5.73. The minimum Gasteiger partial charge on any atom is -0.479 e. The van der Waals surface area contributed by atoms with Gasteiger partial charge in [-0.05, 0) is 5.56 Å². The lowest BCUT2D eigenvalue weighted by Crippen LogP contribution is -2.38. The second-order valence-electron chi connectivity index (χ2n) is 3.33. The van der Waals surface area contributed by atoms with E-state index in [2.05, 4.69) is 0 Å². The Kier molecular flexibility index (Phi) is 2.99. The van der Waals surface area contributed by atoms with Crippen LogP contribution in [0.25, 0.3) is 0 Å². The van der Waals surface area contributed by atoms with Crippen LogP contribution in [0.2, 0.25) is 0 Å². The van der Waals surface area contributed by atoms with Gasteiger partial charge in [0.25, 0.3) is 0 Å². The monoisotopic (exact) mass is 208 g/mol. The fourth-order valence-electron chi connectivity index (χ4n) is 1.64. The summed E-state index contributed by atoms with van der Waals surface area (Å²) in [6.07, 6.45) is -1.40. The lowest BCUT2D eigenvalue weighted by atomic mass is 10.0. The fraction of sp³-hybridized carbons (Fsp3) is 0.364. The van der Waals surface area contributed by atoms with E-state index in [4.69, 9.17) is 14.6 Å². The van der Waals surface area contributed by atoms with Crippen LogP contribution in [0.5, 0.6) is 0 Å². The fourth-order valence-corrected chi connectivity index (χ4v) is 1.64. The smallest absolute Gasteiger partial charge is 0.335 e. The Morgan fingerprint density at radius 2 is 1.87 bits per heavy atom. The molecule has 2 rings (SSSR count). The number of aliphatic carboxylic acids is 1. The Hall–Kier alpha value is -1.39. The van der Waals surface area contributed by atoms with Crippen LogP contribution in [-0.2, 0) is 14.3 Å². The van der Waals surface area contributed by atoms with E-state index in [-0.39, 0.29) is 0 Å². The molecule has 0 aliphatic carbocycles. The standard InChI is InChI=1S/C11H12O4/c12-11(13)10-9(14-6-7-15-10)8-4-2-1-3-5-8/h1-5,9-10H,6-7H2,(H,12,13)/t9-,10-/m1/s1. The van der Waals surface area contributed by atoms with Gasteiger partial charge in [0.05, 0.1) is 13.2 Å². The molecule has 1 fully saturated rings. The number of hydrogen-bond donors (Lipinski definition) is 1. The van der Waals surface area contributed by atoms with E-state index < -0.39 is 18.2 Å². The number of carbonyl (C=O) groups is 1. The maximum atomic E-state index is 10.9. The Morgan fingerprint density at radius 1 is 1.20 bits per heavy atom. The summed E-state index contributed by atoms with van der Waals surface area (Å²) >= 11 is 0. The molecule has 0 saturated carbocycles. The topological polar surface area (TPSA) is 55.8 Å². The predicted octanol–water partition coefficient (Wildman–Crippen LogP) is 1.23. The maximum absolute atomic E-state index is 10.9. The third-order valence-corrected chi connectivity index (χ3v) is 2.32. The molecule has 1 aromatic rings. The van der Waals surface area contributed by atoms with Crippen molar-refractivity contribution in [3.8, 4) is 0 Å². The molecule has 1 N–H and O–H groups in total. The van der Waals surface area contributed by atoms with Crippen molar-refractivity contribution in [2.45, 2.75) is 12.2 Å². The summed E-state index contributed by atoms with van der Waals surface area (Å²) in [5.74, 6) is -0.983. The molecule has 4 heteroatoms. The van der Waals surface area contributed by atoms with Crippen LogP contribution in [0, 0.1) is 0 Å². The SMILES string of the molecule is O=C(O)[C@@H]1OCCO[C@@H]1c1ccccc1. The van der Waals surface area contributed by atoms with Crippen molar-refractivity contribution in [2.24, 2.45) is 0 Å². The van der Waals surface area contributed by atoms with Crippen LogP contribution >= 0.6 is 0 Å². The summed E-state index contributed by atoms with van der Waals surface area (Å²) in [6, 6.07) is 9.27. The van der Waals surface area contributed by atoms with Gasteiger partial charge in [0.1, 0.15) is 6.10 Å². The van der Waals surface area contributed by atoms with Gasteiger partial charge in [-0.15, -0.1) is 0 Å². The average Bonchev–Trinajstić information content (AvgIpc) is 2.30. The van der Waals surface area contributed by atoms with Crippen molar-refractivity contribution in [3.63, 3.8) is 0 Å². The first-order chi connectivity index (χ1) is 7.29. The van der Waals surface area contributed by atoms with E-state index in [9.17, 15) is 4.79 Å². The normalized spacial score (nSPS) is 26.1. The van der Waals surface area contributed by atoms with Gasteiger partial charge in [0.15, 0.2) is 6.10 Å². The minimum absolute atomic E-state index is 0.334. The van der Waals surface area contributed by atoms with Crippen LogP contribution in [0.15, 0.2) is 30.3 Å². The highest BCUT2D eigenvalue weighted by Gasteiger charge is 2.33. The molecule has 1 aliphatic heterocycles. The van der Waals surface area contributed by atoms with Gasteiger partial charge in [0, 0.05) is 0 Å². The van der Waals surface area contributed by atoms with Crippen molar-refractivity contribution in [2.75, 3.05) is 13.2 Å². The van der Waals surface area contributed by atoms with Crippen molar-refractivity contribution in [1.29, 1.82) is 0 Å². The molecule has 0 unspecified atom stereocenters. The molecule has 2 atom stereocenters. The molecule has 4 nitrogen and oxygen atoms in total. The molecule has 80 valence electrons. The van der Waals surface area contributed by atoms with Gasteiger partial charge in [0.2, 0.25) is 0 Å². The van der Waals surface area contributed by atoms with Gasteiger partial charge in [-0.25, -0.2) is 4.79 Å². The lowest BCUT2D eigenvalue weighted by Gasteiger charge is -2.29. The summed E-state index contributed by atoms with van der Waals surface area (Å²) in [4.78, 5) is 10.9. The first kappa shape index (κ1) is 10.1. The first-order valence-electron chi connectivity index (χ1n) is 4.80. The third kappa shape index (κ3) is 2.16. The molecule has 15 heavy (non-hydrogen) atoms. The molecule has 1 aromatic carbocycles. The van der Waals surface area contributed by atoms with Crippen LogP contribution in [0.1, 0.15) is 11.7 Å². The van der Waals surface area contributed by atoms with Crippen molar-refractivity contribution >= 4 is 5.97 Å². The number of ether oxygens (including phenoxy) is 2. The third-order valence-electron chi connectivity index (χ3n) is 2.32. The summed E-state index contributed by atoms with van der Waals surface area (Å²) in [7, 11) is 0. The number of benzene rings is 1. The van der Waals surface area contributed by atoms with Gasteiger partial charge in [-0.3, -0.25) is 0 Å². The minimum atomic E-state index is -0.983. The van der Waals surface area contributed by atoms with Crippen LogP contribution in [-0.4, -0.2) is 30.4 Å². The second kappa shape index (κ2) is 4.42. The summed E-state index contributed by atoms with van der Waals surface area (Å²) < 4.78 is 10.6. The predicted molar refractivity (Wildman–Crippen MR) is 52.5 cm³/mol. The maximum Gasteiger partial charge on any atom is 0.335 e. The Labute approximate surface area is 87.4 Å². The van der Waals surface area contributed by atoms with Crippen molar-refractivity contribution < 1.29 is 19.4 Å². The zero-order valence-electron chi connectivity index (χ0n) is 8.13. The van der Waals surface area contributed by atoms with E-state index in [0.29, 0.717) is 13.2 Å². The van der Waals surface area contributed by atoms with Crippen LogP contribution < -0.4 is 0 Å². The van der Waals surface area contributed by atoms with Crippen LogP contribution in [0.4, 0.5) is 0 Å². The average molecular weight is 208 g/mol. The van der Waals surface area contributed by atoms with E-state index in [1.54, 1.807) is 0 Å². The zero-order valence-corrected chi connectivity index (χ0v) is 8.13. The Morgan fingerprint density at radius 3 is 2.53 bits per heavy atom. The lowest BCUT2D eigenvalue weighted by molar-refractivity contribution is -0.181. The van der Waals surface area contributed by atoms with E-state index in [1.807, 2.05) is 30.3 Å². The summed E-state index contributed by atoms with van der Waals surface area (Å²) in [5, 5.41) is 8.96. The largest absolute Gasteiger partial charge is 0.479 e. The Balaban J connectivity index is 2.22. The molecule has 0 radical (unpaired) electrons. The molecular weight excluding hydrogens is 196 g/mol. The van der Waals surface area contributed by atoms with E-state index in [0.717, 1.165) is 5.56 Å². The van der Waals surface area contributed by atoms with Gasteiger partial charge >= 0.3 is 5.97 Å². The molecule has 1 saturated heterocycles. The molecule has 0 amide bonds. The summed E-state index contributed by atoms with van der Waals surface area (Å²) in [5.41, 5.74) is 0.838. The van der Waals surface area contributed by atoms with Gasteiger partial charge in [-0.2, -0.15) is 0 Å². The van der Waals surface area contributed by atoms with Gasteiger partial charge in [-0.1, -0.05) is 30.3 Å². The number of hydrogen-bond acceptors (Lipinski definition) is 3. The molecular formula is C11H12O4. The van der Waals surface area contributed by atoms with E-state index >= 15 is 0 Å². The number of rotatable bonds is 2. The molecule has 1 heterocycles. The highest BCUT2D eigenvalue weighted by Crippen LogP contribution is 2.26. The molecule has 0 bridgehead atoms. The number of carboxylic acids is 1. The first-order valence-corrected chi connectivity index (χ1v) is 4.80. The van der Waals surface area contributed by atoms with Crippen molar-refractivity contribution in [3.05, 3.63) is 35.9 Å². The molecule has 1 aliphatic rings. The van der Waals surface area contributed by atoms with Gasteiger partial charge < -0.3 is 14.6 Å². The molecule has 0 spiro atoms. The van der Waals surface area contributed by atoms with Crippen molar-refractivity contribution in [1.82, 2.24) is 0 Å². The second-order valence-corrected chi connectivity index (χ2v) is 3.33. The molecule has 0 aromatic heterocycles. The quantitative estimate of drug-likeness (QED) is 0.794. The highest BCUT2D eigenvalue weighted by atomic mass is 16.6. The summed E-state index contributed by atoms with van der Waals surface area (Å²) in [6.45, 7) is 0.768. The Bertz CT molecular complexity index is 336. The number of carboxylic acid groups (broad SMARTS) is 1. The van der Waals surface area contributed by atoms with Crippen LogP contribution in [0.3, 0.4) is 0 Å². The zero-order chi connectivity index (χ0) is 10.7.